The van der Waals surface area contributed by atoms with Crippen LogP contribution in [-0.2, 0) is 9.59 Å². The van der Waals surface area contributed by atoms with Gasteiger partial charge in [-0.2, -0.15) is 5.26 Å². The molecule has 0 bridgehead atoms. The lowest BCUT2D eigenvalue weighted by atomic mass is 10.1. The molecule has 1 N–H and O–H groups in total. The topological polar surface area (TPSA) is 76.4 Å². The molecule has 0 aromatic heterocycles. The smallest absolute Gasteiger partial charge is 0.313 e. The van der Waals surface area contributed by atoms with Gasteiger partial charge in [0.05, 0.1) is 5.56 Å². The van der Waals surface area contributed by atoms with E-state index in [2.05, 4.69) is 31.0 Å². The molecule has 7 heteroatoms. The van der Waals surface area contributed by atoms with E-state index in [1.165, 1.54) is 17.0 Å². The van der Waals surface area contributed by atoms with Crippen molar-refractivity contribution in [2.24, 2.45) is 0 Å². The van der Waals surface area contributed by atoms with E-state index in [4.69, 9.17) is 5.26 Å². The number of anilines is 1. The van der Waals surface area contributed by atoms with E-state index in [1.807, 2.05) is 0 Å². The highest BCUT2D eigenvalue weighted by Crippen LogP contribution is 2.17. The summed E-state index contributed by atoms with van der Waals surface area (Å²) in [6.45, 7) is 8.95. The van der Waals surface area contributed by atoms with E-state index in [9.17, 15) is 14.0 Å². The molecule has 1 fully saturated rings. The van der Waals surface area contributed by atoms with Crippen LogP contribution in [-0.4, -0.2) is 53.3 Å². The molecule has 1 aromatic rings. The van der Waals surface area contributed by atoms with E-state index < -0.39 is 17.6 Å². The SMILES string of the molecule is CC(C)(C)N1CCCN(C(=O)C(=O)Nc2ccc(F)c(C#N)c2)CC1. The fourth-order valence-corrected chi connectivity index (χ4v) is 2.81. The minimum atomic E-state index is -0.778. The Bertz CT molecular complexity index is 706. The molecule has 0 atom stereocenters. The van der Waals surface area contributed by atoms with Crippen LogP contribution in [0.3, 0.4) is 0 Å². The van der Waals surface area contributed by atoms with Crippen LogP contribution in [0.5, 0.6) is 0 Å². The van der Waals surface area contributed by atoms with E-state index >= 15 is 0 Å². The van der Waals surface area contributed by atoms with E-state index in [-0.39, 0.29) is 16.8 Å². The minimum absolute atomic E-state index is 0.0170. The van der Waals surface area contributed by atoms with Crippen LogP contribution in [0.25, 0.3) is 0 Å². The van der Waals surface area contributed by atoms with Crippen molar-refractivity contribution in [3.05, 3.63) is 29.6 Å². The van der Waals surface area contributed by atoms with Crippen molar-refractivity contribution in [1.82, 2.24) is 9.80 Å². The van der Waals surface area contributed by atoms with Crippen molar-refractivity contribution in [3.8, 4) is 6.07 Å². The summed E-state index contributed by atoms with van der Waals surface area (Å²) in [6.07, 6.45) is 0.797. The molecule has 0 saturated carbocycles. The molecule has 1 heterocycles. The Balaban J connectivity index is 2.00. The zero-order valence-electron chi connectivity index (χ0n) is 14.8. The van der Waals surface area contributed by atoms with Crippen LogP contribution in [0.1, 0.15) is 32.8 Å². The second-order valence-corrected chi connectivity index (χ2v) is 7.06. The summed E-state index contributed by atoms with van der Waals surface area (Å²) in [5.41, 5.74) is 0.0617. The Kier molecular flexibility index (Phi) is 5.75. The van der Waals surface area contributed by atoms with Crippen molar-refractivity contribution in [2.75, 3.05) is 31.5 Å². The third kappa shape index (κ3) is 4.77. The number of carbonyl (C=O) groups is 2. The molecular weight excluding hydrogens is 323 g/mol. The van der Waals surface area contributed by atoms with Crippen LogP contribution in [0.15, 0.2) is 18.2 Å². The van der Waals surface area contributed by atoms with Gasteiger partial charge in [-0.1, -0.05) is 0 Å². The highest BCUT2D eigenvalue weighted by molar-refractivity contribution is 6.39. The number of nitrogens with one attached hydrogen (secondary N) is 1. The minimum Gasteiger partial charge on any atom is -0.333 e. The number of nitriles is 1. The van der Waals surface area contributed by atoms with Gasteiger partial charge in [-0.25, -0.2) is 4.39 Å². The zero-order valence-corrected chi connectivity index (χ0v) is 14.8. The molecule has 0 unspecified atom stereocenters. The van der Waals surface area contributed by atoms with E-state index in [0.717, 1.165) is 19.0 Å². The lowest BCUT2D eigenvalue weighted by Gasteiger charge is -2.34. The molecule has 134 valence electrons. The summed E-state index contributed by atoms with van der Waals surface area (Å²) in [5.74, 6) is -2.06. The number of hydrogen-bond donors (Lipinski definition) is 1. The molecule has 1 aliphatic rings. The normalized spacial score (nSPS) is 16.0. The number of carbonyl (C=O) groups excluding carboxylic acids is 2. The molecule has 1 aromatic carbocycles. The maximum absolute atomic E-state index is 13.3. The van der Waals surface area contributed by atoms with Crippen molar-refractivity contribution in [3.63, 3.8) is 0 Å². The molecule has 1 aliphatic heterocycles. The van der Waals surface area contributed by atoms with Gasteiger partial charge < -0.3 is 10.2 Å². The monoisotopic (exact) mass is 346 g/mol. The third-order valence-electron chi connectivity index (χ3n) is 4.27. The van der Waals surface area contributed by atoms with Gasteiger partial charge in [-0.05, 0) is 45.4 Å². The largest absolute Gasteiger partial charge is 0.333 e. The number of rotatable bonds is 1. The Morgan fingerprint density at radius 2 is 1.92 bits per heavy atom. The maximum Gasteiger partial charge on any atom is 0.313 e. The second-order valence-electron chi connectivity index (χ2n) is 7.06. The summed E-state index contributed by atoms with van der Waals surface area (Å²) in [4.78, 5) is 28.4. The van der Waals surface area contributed by atoms with Crippen LogP contribution in [0.4, 0.5) is 10.1 Å². The number of amides is 2. The molecule has 0 radical (unpaired) electrons. The highest BCUT2D eigenvalue weighted by atomic mass is 19.1. The Morgan fingerprint density at radius 3 is 2.56 bits per heavy atom. The number of halogens is 1. The quantitative estimate of drug-likeness (QED) is 0.789. The fraction of sp³-hybridized carbons (Fsp3) is 0.500. The first kappa shape index (κ1) is 18.9. The summed E-state index contributed by atoms with van der Waals surface area (Å²) in [6, 6.07) is 5.33. The van der Waals surface area contributed by atoms with Gasteiger partial charge in [0.1, 0.15) is 11.9 Å². The zero-order chi connectivity index (χ0) is 18.6. The molecule has 1 saturated heterocycles. The first-order valence-corrected chi connectivity index (χ1v) is 8.27. The fourth-order valence-electron chi connectivity index (χ4n) is 2.81. The van der Waals surface area contributed by atoms with Crippen LogP contribution in [0, 0.1) is 17.1 Å². The lowest BCUT2D eigenvalue weighted by Crippen LogP contribution is -2.45. The molecular formula is C18H23FN4O2. The predicted molar refractivity (Wildman–Crippen MR) is 92.3 cm³/mol. The number of benzene rings is 1. The number of nitrogens with zero attached hydrogens (tertiary/aromatic N) is 3. The summed E-state index contributed by atoms with van der Waals surface area (Å²) in [7, 11) is 0. The van der Waals surface area contributed by atoms with Crippen molar-refractivity contribution < 1.29 is 14.0 Å². The average Bonchev–Trinajstić information content (AvgIpc) is 2.81. The standard InChI is InChI=1S/C18H23FN4O2/c1-18(2,3)23-8-4-7-22(9-10-23)17(25)16(24)21-14-5-6-15(19)13(11-14)12-20/h5-6,11H,4,7-10H2,1-3H3,(H,21,24). The summed E-state index contributed by atoms with van der Waals surface area (Å²) in [5, 5.41) is 11.3. The number of hydrogen-bond acceptors (Lipinski definition) is 4. The lowest BCUT2D eigenvalue weighted by molar-refractivity contribution is -0.143. The average molecular weight is 346 g/mol. The highest BCUT2D eigenvalue weighted by Gasteiger charge is 2.28. The molecule has 2 rings (SSSR count). The van der Waals surface area contributed by atoms with Crippen molar-refractivity contribution in [1.29, 1.82) is 5.26 Å². The second kappa shape index (κ2) is 7.62. The molecule has 0 aliphatic carbocycles. The Morgan fingerprint density at radius 1 is 1.20 bits per heavy atom. The molecule has 2 amide bonds. The Labute approximate surface area is 147 Å². The third-order valence-corrected chi connectivity index (χ3v) is 4.27. The summed E-state index contributed by atoms with van der Waals surface area (Å²) >= 11 is 0. The first-order valence-electron chi connectivity index (χ1n) is 8.27. The van der Waals surface area contributed by atoms with Gasteiger partial charge >= 0.3 is 11.8 Å². The first-order chi connectivity index (χ1) is 11.7. The molecule has 25 heavy (non-hydrogen) atoms. The van der Waals surface area contributed by atoms with Gasteiger partial charge in [0.2, 0.25) is 0 Å². The van der Waals surface area contributed by atoms with Gasteiger partial charge in [-0.3, -0.25) is 14.5 Å². The van der Waals surface area contributed by atoms with Gasteiger partial charge in [0.15, 0.2) is 0 Å². The van der Waals surface area contributed by atoms with Gasteiger partial charge in [0, 0.05) is 37.4 Å². The van der Waals surface area contributed by atoms with Gasteiger partial charge in [-0.15, -0.1) is 0 Å². The van der Waals surface area contributed by atoms with Crippen molar-refractivity contribution >= 4 is 17.5 Å². The van der Waals surface area contributed by atoms with Crippen LogP contribution < -0.4 is 5.32 Å². The maximum atomic E-state index is 13.3. The van der Waals surface area contributed by atoms with E-state index in [0.29, 0.717) is 19.6 Å². The van der Waals surface area contributed by atoms with Crippen LogP contribution in [0.2, 0.25) is 0 Å². The Hall–Kier alpha value is -2.46. The van der Waals surface area contributed by atoms with E-state index in [1.54, 1.807) is 6.07 Å². The van der Waals surface area contributed by atoms with Crippen molar-refractivity contribution in [2.45, 2.75) is 32.7 Å². The molecule has 6 nitrogen and oxygen atoms in total. The van der Waals surface area contributed by atoms with Gasteiger partial charge in [0.25, 0.3) is 0 Å². The predicted octanol–water partition coefficient (Wildman–Crippen LogP) is 1.97. The summed E-state index contributed by atoms with van der Waals surface area (Å²) < 4.78 is 13.3. The molecule has 0 spiro atoms. The van der Waals surface area contributed by atoms with Crippen LogP contribution >= 0.6 is 0 Å².